The van der Waals surface area contributed by atoms with Crippen molar-refractivity contribution in [3.05, 3.63) is 65.4 Å². The molecule has 0 aliphatic carbocycles. The molecule has 238 valence electrons. The molecule has 1 aromatic heterocycles. The first kappa shape index (κ1) is 31.1. The summed E-state index contributed by atoms with van der Waals surface area (Å²) < 4.78 is 31.9. The van der Waals surface area contributed by atoms with Gasteiger partial charge in [0.15, 0.2) is 0 Å². The van der Waals surface area contributed by atoms with Crippen LogP contribution in [-0.2, 0) is 13.0 Å². The second kappa shape index (κ2) is 13.6. The van der Waals surface area contributed by atoms with Crippen LogP contribution in [0.4, 0.5) is 20.3 Å². The highest BCUT2D eigenvalue weighted by molar-refractivity contribution is 5.97. The van der Waals surface area contributed by atoms with E-state index < -0.39 is 12.7 Å². The average molecular weight is 618 g/mol. The van der Waals surface area contributed by atoms with Crippen LogP contribution in [0.25, 0.3) is 10.8 Å². The van der Waals surface area contributed by atoms with Crippen LogP contribution in [0.2, 0.25) is 0 Å². The highest BCUT2D eigenvalue weighted by Gasteiger charge is 2.34. The molecule has 0 radical (unpaired) electrons. The Kier molecular flexibility index (Phi) is 9.45. The lowest BCUT2D eigenvalue weighted by Crippen LogP contribution is -2.56. The number of benzene rings is 2. The zero-order chi connectivity index (χ0) is 31.5. The number of rotatable bonds is 9. The number of aromatic nitrogens is 2. The van der Waals surface area contributed by atoms with E-state index in [1.807, 2.05) is 0 Å². The maximum absolute atomic E-state index is 12.8. The molecular formula is C34H41F2N7O2. The predicted octanol–water partition coefficient (Wildman–Crippen LogP) is 4.52. The van der Waals surface area contributed by atoms with E-state index in [2.05, 4.69) is 71.1 Å². The first-order valence-electron chi connectivity index (χ1n) is 15.8. The molecule has 1 N–H and O–H groups in total. The molecule has 6 rings (SSSR count). The zero-order valence-corrected chi connectivity index (χ0v) is 25.9. The van der Waals surface area contributed by atoms with Crippen molar-refractivity contribution < 1.29 is 18.6 Å². The number of piperazine rings is 1. The van der Waals surface area contributed by atoms with Crippen LogP contribution >= 0.6 is 0 Å². The third-order valence-corrected chi connectivity index (χ3v) is 9.45. The number of hydrogen-bond donors (Lipinski definition) is 1. The van der Waals surface area contributed by atoms with Crippen molar-refractivity contribution in [1.82, 2.24) is 19.8 Å². The third kappa shape index (κ3) is 6.73. The van der Waals surface area contributed by atoms with Gasteiger partial charge in [-0.25, -0.2) is 8.78 Å². The maximum Gasteiger partial charge on any atom is 0.318 e. The maximum atomic E-state index is 12.8. The molecule has 9 nitrogen and oxygen atoms in total. The molecule has 2 aromatic carbocycles. The smallest absolute Gasteiger partial charge is 0.318 e. The van der Waals surface area contributed by atoms with Crippen LogP contribution in [0.3, 0.4) is 0 Å². The van der Waals surface area contributed by atoms with Gasteiger partial charge in [-0.2, -0.15) is 15.2 Å². The van der Waals surface area contributed by atoms with E-state index in [4.69, 9.17) is 14.7 Å². The SMILES string of the molecule is Cc1cccc2cccc(N3CCc4c(nc(OC[C@@H]5CCCN5C)nc4N4CCN(C(O)/C=C/C(F)F)[C@@H](CC#N)C4)C3)c12. The summed E-state index contributed by atoms with van der Waals surface area (Å²) in [7, 11) is 2.12. The Balaban J connectivity index is 1.31. The van der Waals surface area contributed by atoms with E-state index in [1.54, 1.807) is 4.90 Å². The van der Waals surface area contributed by atoms with Crippen LogP contribution in [0.15, 0.2) is 48.6 Å². The van der Waals surface area contributed by atoms with Gasteiger partial charge in [0, 0.05) is 54.9 Å². The van der Waals surface area contributed by atoms with Gasteiger partial charge in [0.1, 0.15) is 18.7 Å². The van der Waals surface area contributed by atoms with Gasteiger partial charge in [0.25, 0.3) is 6.43 Å². The molecule has 4 heterocycles. The molecule has 2 saturated heterocycles. The molecule has 0 saturated carbocycles. The van der Waals surface area contributed by atoms with Crippen molar-refractivity contribution in [2.45, 2.75) is 63.9 Å². The van der Waals surface area contributed by atoms with Crippen LogP contribution in [0.1, 0.15) is 36.1 Å². The molecule has 3 aliphatic rings. The van der Waals surface area contributed by atoms with E-state index in [9.17, 15) is 19.1 Å². The third-order valence-electron chi connectivity index (χ3n) is 9.45. The van der Waals surface area contributed by atoms with Gasteiger partial charge in [0.2, 0.25) is 0 Å². The Hall–Kier alpha value is -3.85. The number of aliphatic hydroxyl groups excluding tert-OH is 1. The number of anilines is 2. The minimum absolute atomic E-state index is 0.148. The standard InChI is InChI=1S/C34H41F2N7O2/c1-23-6-3-7-24-8-4-10-29(32(23)24)41-17-14-27-28(21-41)38-34(45-22-26-9-5-16-40(26)2)39-33(27)42-18-19-43(25(20-42)13-15-37)31(44)12-11-30(35)36/h3-4,6-8,10-12,25-26,30-31,44H,5,9,13-14,16-22H2,1-2H3/b12-11+/t25-,26-,31?/m0/s1. The summed E-state index contributed by atoms with van der Waals surface area (Å²) in [5.74, 6) is 0.795. The highest BCUT2D eigenvalue weighted by atomic mass is 19.3. The molecule has 0 spiro atoms. The molecule has 3 atom stereocenters. The van der Waals surface area contributed by atoms with E-state index in [1.165, 1.54) is 22.0 Å². The molecule has 0 bridgehead atoms. The van der Waals surface area contributed by atoms with E-state index >= 15 is 0 Å². The van der Waals surface area contributed by atoms with Crippen molar-refractivity contribution >= 4 is 22.3 Å². The number of allylic oxidation sites excluding steroid dienone is 1. The second-order valence-electron chi connectivity index (χ2n) is 12.3. The van der Waals surface area contributed by atoms with Crippen molar-refractivity contribution in [1.29, 1.82) is 5.26 Å². The van der Waals surface area contributed by atoms with Crippen LogP contribution < -0.4 is 14.5 Å². The summed E-state index contributed by atoms with van der Waals surface area (Å²) in [6, 6.07) is 15.3. The highest BCUT2D eigenvalue weighted by Crippen LogP contribution is 2.36. The molecule has 3 aliphatic heterocycles. The monoisotopic (exact) mass is 617 g/mol. The molecule has 2 fully saturated rings. The van der Waals surface area contributed by atoms with Crippen molar-refractivity contribution in [2.24, 2.45) is 0 Å². The molecule has 45 heavy (non-hydrogen) atoms. The van der Waals surface area contributed by atoms with E-state index in [0.717, 1.165) is 55.5 Å². The number of nitriles is 1. The Morgan fingerprint density at radius 1 is 1.07 bits per heavy atom. The second-order valence-corrected chi connectivity index (χ2v) is 12.3. The Morgan fingerprint density at radius 3 is 2.64 bits per heavy atom. The quantitative estimate of drug-likeness (QED) is 0.348. The van der Waals surface area contributed by atoms with Gasteiger partial charge >= 0.3 is 6.01 Å². The van der Waals surface area contributed by atoms with E-state index in [-0.39, 0.29) is 12.5 Å². The van der Waals surface area contributed by atoms with Crippen LogP contribution in [-0.4, -0.2) is 96.0 Å². The fourth-order valence-corrected chi connectivity index (χ4v) is 7.04. The summed E-state index contributed by atoms with van der Waals surface area (Å²) in [6.07, 6.45) is 1.05. The van der Waals surface area contributed by atoms with Gasteiger partial charge in [-0.1, -0.05) is 30.3 Å². The number of nitrogens with zero attached hydrogens (tertiary/aromatic N) is 7. The van der Waals surface area contributed by atoms with Crippen molar-refractivity contribution in [2.75, 3.05) is 56.2 Å². The lowest BCUT2D eigenvalue weighted by atomic mass is 9.99. The molecule has 3 aromatic rings. The fraction of sp³-hybridized carbons (Fsp3) is 0.500. The van der Waals surface area contributed by atoms with Crippen LogP contribution in [0.5, 0.6) is 6.01 Å². The van der Waals surface area contributed by atoms with Crippen LogP contribution in [0, 0.1) is 18.3 Å². The summed E-state index contributed by atoms with van der Waals surface area (Å²) in [4.78, 5) is 18.5. The Morgan fingerprint density at radius 2 is 1.89 bits per heavy atom. The number of aryl methyl sites for hydroxylation is 1. The lowest BCUT2D eigenvalue weighted by Gasteiger charge is -2.43. The number of fused-ring (bicyclic) bond motifs is 2. The number of alkyl halides is 2. The summed E-state index contributed by atoms with van der Waals surface area (Å²) in [5, 5.41) is 22.7. The molecule has 0 amide bonds. The minimum atomic E-state index is -2.65. The molecular weight excluding hydrogens is 576 g/mol. The topological polar surface area (TPSA) is 92.0 Å². The minimum Gasteiger partial charge on any atom is -0.462 e. The largest absolute Gasteiger partial charge is 0.462 e. The summed E-state index contributed by atoms with van der Waals surface area (Å²) in [5.41, 5.74) is 4.40. The average Bonchev–Trinajstić information content (AvgIpc) is 3.46. The normalized spacial score (nSPS) is 21.9. The van der Waals surface area contributed by atoms with Gasteiger partial charge in [-0.05, 0) is 68.9 Å². The number of likely N-dealkylation sites (N-methyl/N-ethyl adjacent to an activating group) is 1. The van der Waals surface area contributed by atoms with Gasteiger partial charge in [-0.3, -0.25) is 4.90 Å². The number of halogens is 2. The summed E-state index contributed by atoms with van der Waals surface area (Å²) in [6.45, 7) is 6.44. The number of aliphatic hydroxyl groups is 1. The first-order chi connectivity index (χ1) is 21.8. The molecule has 1 unspecified atom stereocenters. The molecule has 11 heteroatoms. The summed E-state index contributed by atoms with van der Waals surface area (Å²) >= 11 is 0. The van der Waals surface area contributed by atoms with E-state index in [0.29, 0.717) is 50.9 Å². The Bertz CT molecular complexity index is 1570. The lowest BCUT2D eigenvalue weighted by molar-refractivity contribution is 0.00316. The fourth-order valence-electron chi connectivity index (χ4n) is 7.04. The van der Waals surface area contributed by atoms with Gasteiger partial charge < -0.3 is 24.5 Å². The van der Waals surface area contributed by atoms with Crippen molar-refractivity contribution in [3.63, 3.8) is 0 Å². The predicted molar refractivity (Wildman–Crippen MR) is 171 cm³/mol. The zero-order valence-electron chi connectivity index (χ0n) is 25.9. The Labute approximate surface area is 263 Å². The van der Waals surface area contributed by atoms with Crippen molar-refractivity contribution in [3.8, 4) is 12.1 Å². The van der Waals surface area contributed by atoms with Gasteiger partial charge in [-0.15, -0.1) is 0 Å². The number of ether oxygens (including phenoxy) is 1. The number of likely N-dealkylation sites (tertiary alicyclic amines) is 1. The first-order valence-corrected chi connectivity index (χ1v) is 15.8. The number of hydrogen-bond acceptors (Lipinski definition) is 9. The van der Waals surface area contributed by atoms with Gasteiger partial charge in [0.05, 0.1) is 24.7 Å².